The molecule has 1 saturated heterocycles. The lowest BCUT2D eigenvalue weighted by atomic mass is 10.2. The van der Waals surface area contributed by atoms with Gasteiger partial charge >= 0.3 is 0 Å². The number of anilines is 1. The number of nitrogens with zero attached hydrogens (tertiary/aromatic N) is 2. The minimum Gasteiger partial charge on any atom is -0.369 e. The van der Waals surface area contributed by atoms with Crippen LogP contribution in [-0.4, -0.2) is 50.1 Å². The third-order valence-corrected chi connectivity index (χ3v) is 4.61. The van der Waals surface area contributed by atoms with E-state index in [9.17, 15) is 13.6 Å². The van der Waals surface area contributed by atoms with Crippen molar-refractivity contribution in [3.63, 3.8) is 0 Å². The second-order valence-corrected chi connectivity index (χ2v) is 6.45. The Bertz CT molecular complexity index is 784. The van der Waals surface area contributed by atoms with Crippen molar-refractivity contribution in [2.75, 3.05) is 44.2 Å². The Balaban J connectivity index is 1.37. The number of benzene rings is 2. The zero-order valence-electron chi connectivity index (χ0n) is 15.1. The van der Waals surface area contributed by atoms with Crippen molar-refractivity contribution in [3.05, 3.63) is 71.8 Å². The summed E-state index contributed by atoms with van der Waals surface area (Å²) in [5.41, 5.74) is 1.42. The van der Waals surface area contributed by atoms with E-state index < -0.39 is 0 Å². The molecule has 3 rings (SSSR count). The number of nitrogens with one attached hydrogen (secondary N) is 1. The Morgan fingerprint density at radius 2 is 1.70 bits per heavy atom. The number of rotatable bonds is 6. The quantitative estimate of drug-likeness (QED) is 0.793. The lowest BCUT2D eigenvalue weighted by molar-refractivity contribution is -0.116. The molecule has 2 aromatic carbocycles. The van der Waals surface area contributed by atoms with E-state index in [1.54, 1.807) is 30.3 Å². The maximum absolute atomic E-state index is 13.5. The van der Waals surface area contributed by atoms with Crippen molar-refractivity contribution in [1.82, 2.24) is 10.2 Å². The number of carbonyl (C=O) groups is 1. The minimum atomic E-state index is -0.347. The number of hydrogen-bond acceptors (Lipinski definition) is 3. The average molecular weight is 371 g/mol. The van der Waals surface area contributed by atoms with Gasteiger partial charge in [-0.15, -0.1) is 0 Å². The van der Waals surface area contributed by atoms with Crippen LogP contribution in [0, 0.1) is 11.6 Å². The van der Waals surface area contributed by atoms with Crippen LogP contribution in [0.1, 0.15) is 5.56 Å². The van der Waals surface area contributed by atoms with E-state index >= 15 is 0 Å². The van der Waals surface area contributed by atoms with E-state index in [0.29, 0.717) is 12.1 Å². The van der Waals surface area contributed by atoms with Gasteiger partial charge in [-0.1, -0.05) is 18.2 Å². The smallest absolute Gasteiger partial charge is 0.244 e. The first kappa shape index (κ1) is 19.0. The Hall–Kier alpha value is -2.73. The highest BCUT2D eigenvalue weighted by Gasteiger charge is 2.16. The largest absolute Gasteiger partial charge is 0.369 e. The Morgan fingerprint density at radius 3 is 2.41 bits per heavy atom. The summed E-state index contributed by atoms with van der Waals surface area (Å²) >= 11 is 0. The molecule has 0 atom stereocenters. The first-order chi connectivity index (χ1) is 13.1. The predicted octanol–water partition coefficient (Wildman–Crippen LogP) is 2.92. The summed E-state index contributed by atoms with van der Waals surface area (Å²) in [7, 11) is 0. The fourth-order valence-electron chi connectivity index (χ4n) is 3.05. The molecule has 4 nitrogen and oxygen atoms in total. The van der Waals surface area contributed by atoms with Crippen molar-refractivity contribution in [2.24, 2.45) is 0 Å². The van der Waals surface area contributed by atoms with Crippen molar-refractivity contribution >= 4 is 17.7 Å². The zero-order valence-corrected chi connectivity index (χ0v) is 15.1. The first-order valence-corrected chi connectivity index (χ1v) is 9.05. The zero-order chi connectivity index (χ0) is 19.1. The third-order valence-electron chi connectivity index (χ3n) is 4.61. The van der Waals surface area contributed by atoms with Crippen LogP contribution in [0.4, 0.5) is 14.5 Å². The van der Waals surface area contributed by atoms with Crippen LogP contribution in [0.2, 0.25) is 0 Å². The van der Waals surface area contributed by atoms with Crippen molar-refractivity contribution < 1.29 is 13.6 Å². The summed E-state index contributed by atoms with van der Waals surface area (Å²) in [5, 5.41) is 2.82. The number of halogens is 2. The van der Waals surface area contributed by atoms with Gasteiger partial charge in [0.2, 0.25) is 5.91 Å². The molecule has 0 spiro atoms. The van der Waals surface area contributed by atoms with E-state index in [-0.39, 0.29) is 17.5 Å². The van der Waals surface area contributed by atoms with Crippen molar-refractivity contribution in [3.8, 4) is 0 Å². The van der Waals surface area contributed by atoms with E-state index in [2.05, 4.69) is 15.1 Å². The summed E-state index contributed by atoms with van der Waals surface area (Å²) in [6, 6.07) is 12.9. The van der Waals surface area contributed by atoms with Crippen LogP contribution in [0.3, 0.4) is 0 Å². The van der Waals surface area contributed by atoms with Crippen LogP contribution in [0.5, 0.6) is 0 Å². The molecule has 1 heterocycles. The van der Waals surface area contributed by atoms with Crippen LogP contribution in [-0.2, 0) is 4.79 Å². The van der Waals surface area contributed by atoms with Crippen LogP contribution in [0.15, 0.2) is 54.6 Å². The van der Waals surface area contributed by atoms with Crippen LogP contribution in [0.25, 0.3) is 6.08 Å². The van der Waals surface area contributed by atoms with Gasteiger partial charge in [-0.05, 0) is 36.4 Å². The summed E-state index contributed by atoms with van der Waals surface area (Å²) in [5.74, 6) is -0.805. The van der Waals surface area contributed by atoms with E-state index in [1.165, 1.54) is 30.4 Å². The molecular weight excluding hydrogens is 348 g/mol. The molecule has 1 amide bonds. The van der Waals surface area contributed by atoms with Gasteiger partial charge in [0.15, 0.2) is 0 Å². The molecule has 0 unspecified atom stereocenters. The molecule has 6 heteroatoms. The molecule has 0 aromatic heterocycles. The Morgan fingerprint density at radius 1 is 1.00 bits per heavy atom. The number of amides is 1. The molecule has 1 aliphatic rings. The van der Waals surface area contributed by atoms with Crippen molar-refractivity contribution in [1.29, 1.82) is 0 Å². The lowest BCUT2D eigenvalue weighted by Crippen LogP contribution is -2.48. The molecule has 142 valence electrons. The Kier molecular flexibility index (Phi) is 6.54. The van der Waals surface area contributed by atoms with Crippen LogP contribution < -0.4 is 10.2 Å². The number of carbonyl (C=O) groups excluding carboxylic acids is 1. The van der Waals surface area contributed by atoms with Crippen LogP contribution >= 0.6 is 0 Å². The highest BCUT2D eigenvalue weighted by molar-refractivity contribution is 5.91. The molecule has 1 aliphatic heterocycles. The van der Waals surface area contributed by atoms with E-state index in [4.69, 9.17) is 0 Å². The van der Waals surface area contributed by atoms with E-state index in [0.717, 1.165) is 38.4 Å². The molecule has 0 radical (unpaired) electrons. The van der Waals surface area contributed by atoms with Gasteiger partial charge in [-0.3, -0.25) is 9.69 Å². The van der Waals surface area contributed by atoms with Gasteiger partial charge in [0, 0.05) is 56.6 Å². The van der Waals surface area contributed by atoms with Gasteiger partial charge in [-0.2, -0.15) is 0 Å². The molecule has 0 saturated carbocycles. The highest BCUT2D eigenvalue weighted by Crippen LogP contribution is 2.16. The van der Waals surface area contributed by atoms with Gasteiger partial charge in [0.1, 0.15) is 11.6 Å². The summed E-state index contributed by atoms with van der Waals surface area (Å²) in [6.07, 6.45) is 2.83. The molecule has 0 bridgehead atoms. The summed E-state index contributed by atoms with van der Waals surface area (Å²) < 4.78 is 26.5. The maximum atomic E-state index is 13.5. The highest BCUT2D eigenvalue weighted by atomic mass is 19.1. The SMILES string of the molecule is O=C(C=Cc1ccccc1F)NCCN1CCN(c2ccc(F)cc2)CC1. The first-order valence-electron chi connectivity index (χ1n) is 9.05. The van der Waals surface area contributed by atoms with Gasteiger partial charge in [0.25, 0.3) is 0 Å². The number of piperazine rings is 1. The standard InChI is InChI=1S/C21H23F2N3O/c22-18-6-8-19(9-7-18)26-15-13-25(14-16-26)12-11-24-21(27)10-5-17-3-1-2-4-20(17)23/h1-10H,11-16H2,(H,24,27). The topological polar surface area (TPSA) is 35.6 Å². The predicted molar refractivity (Wildman–Crippen MR) is 103 cm³/mol. The summed E-state index contributed by atoms with van der Waals surface area (Å²) in [6.45, 7) is 4.81. The third kappa shape index (κ3) is 5.62. The molecule has 27 heavy (non-hydrogen) atoms. The fourth-order valence-corrected chi connectivity index (χ4v) is 3.05. The summed E-state index contributed by atoms with van der Waals surface area (Å²) in [4.78, 5) is 16.4. The van der Waals surface area contributed by atoms with Gasteiger partial charge in [0.05, 0.1) is 0 Å². The number of hydrogen-bond donors (Lipinski definition) is 1. The molecule has 0 aliphatic carbocycles. The van der Waals surface area contributed by atoms with Crippen molar-refractivity contribution in [2.45, 2.75) is 0 Å². The second-order valence-electron chi connectivity index (χ2n) is 6.45. The van der Waals surface area contributed by atoms with Gasteiger partial charge < -0.3 is 10.2 Å². The normalized spacial score (nSPS) is 15.3. The molecule has 2 aromatic rings. The van der Waals surface area contributed by atoms with E-state index in [1.807, 2.05) is 0 Å². The van der Waals surface area contributed by atoms with Gasteiger partial charge in [-0.25, -0.2) is 8.78 Å². The lowest BCUT2D eigenvalue weighted by Gasteiger charge is -2.36. The monoisotopic (exact) mass is 371 g/mol. The average Bonchev–Trinajstić information content (AvgIpc) is 2.69. The Labute approximate surface area is 158 Å². The second kappa shape index (κ2) is 9.28. The fraction of sp³-hybridized carbons (Fsp3) is 0.286. The molecule has 1 N–H and O–H groups in total. The minimum absolute atomic E-state index is 0.225. The molecule has 1 fully saturated rings. The maximum Gasteiger partial charge on any atom is 0.244 e. The molecular formula is C21H23F2N3O.